The summed E-state index contributed by atoms with van der Waals surface area (Å²) in [7, 11) is 0. The van der Waals surface area contributed by atoms with Gasteiger partial charge in [0, 0.05) is 32.1 Å². The fourth-order valence-electron chi connectivity index (χ4n) is 2.13. The molecule has 0 spiro atoms. The summed E-state index contributed by atoms with van der Waals surface area (Å²) in [5, 5.41) is 3.31. The molecule has 1 N–H and O–H groups in total. The van der Waals surface area contributed by atoms with Crippen molar-refractivity contribution in [2.45, 2.75) is 53.0 Å². The predicted molar refractivity (Wildman–Crippen MR) is 74.6 cm³/mol. The van der Waals surface area contributed by atoms with Gasteiger partial charge in [0.2, 0.25) is 5.91 Å². The Hall–Kier alpha value is -0.280. The van der Waals surface area contributed by atoms with E-state index in [0.29, 0.717) is 23.8 Å². The van der Waals surface area contributed by atoms with E-state index in [9.17, 15) is 4.79 Å². The van der Waals surface area contributed by atoms with Crippen LogP contribution >= 0.6 is 12.4 Å². The first-order chi connectivity index (χ1) is 7.40. The smallest absolute Gasteiger partial charge is 0.222 e. The van der Waals surface area contributed by atoms with Crippen molar-refractivity contribution in [1.29, 1.82) is 0 Å². The second kappa shape index (κ2) is 7.22. The molecule has 3 nitrogen and oxygen atoms in total. The summed E-state index contributed by atoms with van der Waals surface area (Å²) < 4.78 is 0. The molecule has 0 bridgehead atoms. The van der Waals surface area contributed by atoms with E-state index in [1.807, 2.05) is 4.90 Å². The average molecular weight is 263 g/mol. The van der Waals surface area contributed by atoms with E-state index in [1.165, 1.54) is 0 Å². The van der Waals surface area contributed by atoms with Crippen LogP contribution in [0.15, 0.2) is 0 Å². The molecule has 1 atom stereocenters. The number of piperazine rings is 1. The van der Waals surface area contributed by atoms with Crippen LogP contribution in [0.3, 0.4) is 0 Å². The number of halogens is 1. The van der Waals surface area contributed by atoms with E-state index in [1.54, 1.807) is 0 Å². The zero-order valence-electron chi connectivity index (χ0n) is 11.6. The molecule has 1 unspecified atom stereocenters. The number of hydrogen-bond donors (Lipinski definition) is 1. The molecule has 1 aliphatic rings. The average Bonchev–Trinajstić information content (AvgIpc) is 2.16. The van der Waals surface area contributed by atoms with Crippen LogP contribution in [0.25, 0.3) is 0 Å². The molecule has 102 valence electrons. The van der Waals surface area contributed by atoms with Crippen molar-refractivity contribution >= 4 is 18.3 Å². The molecule has 0 radical (unpaired) electrons. The minimum atomic E-state index is 0. The van der Waals surface area contributed by atoms with Gasteiger partial charge in [-0.1, -0.05) is 20.8 Å². The Labute approximate surface area is 112 Å². The van der Waals surface area contributed by atoms with Crippen molar-refractivity contribution in [1.82, 2.24) is 10.2 Å². The Kier molecular flexibility index (Phi) is 7.10. The number of rotatable bonds is 3. The largest absolute Gasteiger partial charge is 0.337 e. The summed E-state index contributed by atoms with van der Waals surface area (Å²) in [6.45, 7) is 11.5. The highest BCUT2D eigenvalue weighted by molar-refractivity contribution is 5.85. The van der Waals surface area contributed by atoms with Crippen LogP contribution in [0, 0.1) is 5.41 Å². The van der Waals surface area contributed by atoms with E-state index < -0.39 is 0 Å². The van der Waals surface area contributed by atoms with Crippen molar-refractivity contribution < 1.29 is 4.79 Å². The van der Waals surface area contributed by atoms with Gasteiger partial charge in [0.25, 0.3) is 0 Å². The maximum atomic E-state index is 12.0. The number of carbonyl (C=O) groups is 1. The third kappa shape index (κ3) is 6.27. The van der Waals surface area contributed by atoms with Crippen LogP contribution in [-0.2, 0) is 4.79 Å². The standard InChI is InChI=1S/C13H26N2O.ClH/c1-11-10-14-8-9-15(11)12(16)6-5-7-13(2,3)4;/h11,14H,5-10H2,1-4H3;1H. The number of amides is 1. The fourth-order valence-corrected chi connectivity index (χ4v) is 2.13. The molecule has 0 aromatic carbocycles. The Balaban J connectivity index is 0.00000256. The fraction of sp³-hybridized carbons (Fsp3) is 0.923. The summed E-state index contributed by atoms with van der Waals surface area (Å²) in [6.07, 6.45) is 2.85. The van der Waals surface area contributed by atoms with Gasteiger partial charge in [0.15, 0.2) is 0 Å². The number of nitrogens with one attached hydrogen (secondary N) is 1. The molecule has 1 heterocycles. The van der Waals surface area contributed by atoms with Gasteiger partial charge in [0.1, 0.15) is 0 Å². The number of hydrogen-bond acceptors (Lipinski definition) is 2. The molecule has 1 saturated heterocycles. The molecule has 1 aliphatic heterocycles. The monoisotopic (exact) mass is 262 g/mol. The first kappa shape index (κ1) is 16.7. The van der Waals surface area contributed by atoms with Gasteiger partial charge in [-0.05, 0) is 25.2 Å². The van der Waals surface area contributed by atoms with Crippen LogP contribution in [0.4, 0.5) is 0 Å². The molecule has 4 heteroatoms. The number of nitrogens with zero attached hydrogens (tertiary/aromatic N) is 1. The quantitative estimate of drug-likeness (QED) is 0.847. The van der Waals surface area contributed by atoms with E-state index in [0.717, 1.165) is 32.5 Å². The molecule has 0 aliphatic carbocycles. The first-order valence-corrected chi connectivity index (χ1v) is 6.40. The topological polar surface area (TPSA) is 32.3 Å². The van der Waals surface area contributed by atoms with Crippen LogP contribution in [-0.4, -0.2) is 36.5 Å². The molecule has 1 fully saturated rings. The van der Waals surface area contributed by atoms with E-state index in [2.05, 4.69) is 33.0 Å². The van der Waals surface area contributed by atoms with E-state index in [4.69, 9.17) is 0 Å². The Morgan fingerprint density at radius 3 is 2.59 bits per heavy atom. The lowest BCUT2D eigenvalue weighted by atomic mass is 9.90. The molecule has 1 amide bonds. The third-order valence-corrected chi connectivity index (χ3v) is 3.14. The van der Waals surface area contributed by atoms with Crippen LogP contribution in [0.5, 0.6) is 0 Å². The highest BCUT2D eigenvalue weighted by Gasteiger charge is 2.22. The SMILES string of the molecule is CC1CNCCN1C(=O)CCCC(C)(C)C.Cl. The van der Waals surface area contributed by atoms with Crippen molar-refractivity contribution in [3.8, 4) is 0 Å². The molecule has 0 aromatic heterocycles. The summed E-state index contributed by atoms with van der Waals surface area (Å²) in [6, 6.07) is 0.357. The van der Waals surface area contributed by atoms with Crippen molar-refractivity contribution in [3.05, 3.63) is 0 Å². The van der Waals surface area contributed by atoms with Gasteiger partial charge in [-0.25, -0.2) is 0 Å². The minimum Gasteiger partial charge on any atom is -0.337 e. The van der Waals surface area contributed by atoms with Crippen LogP contribution in [0.2, 0.25) is 0 Å². The second-order valence-electron chi connectivity index (χ2n) is 6.05. The zero-order chi connectivity index (χ0) is 12.2. The number of carbonyl (C=O) groups excluding carboxylic acids is 1. The maximum Gasteiger partial charge on any atom is 0.222 e. The minimum absolute atomic E-state index is 0. The van der Waals surface area contributed by atoms with E-state index in [-0.39, 0.29) is 12.4 Å². The van der Waals surface area contributed by atoms with Gasteiger partial charge in [-0.3, -0.25) is 4.79 Å². The van der Waals surface area contributed by atoms with Crippen molar-refractivity contribution in [2.75, 3.05) is 19.6 Å². The summed E-state index contributed by atoms with van der Waals surface area (Å²) in [4.78, 5) is 14.0. The summed E-state index contributed by atoms with van der Waals surface area (Å²) in [5.41, 5.74) is 0.343. The highest BCUT2D eigenvalue weighted by atomic mass is 35.5. The summed E-state index contributed by atoms with van der Waals surface area (Å²) in [5.74, 6) is 0.332. The highest BCUT2D eigenvalue weighted by Crippen LogP contribution is 2.22. The molecule has 1 rings (SSSR count). The lowest BCUT2D eigenvalue weighted by molar-refractivity contribution is -0.134. The van der Waals surface area contributed by atoms with Gasteiger partial charge in [-0.15, -0.1) is 12.4 Å². The molecular formula is C13H27ClN2O. The zero-order valence-corrected chi connectivity index (χ0v) is 12.4. The van der Waals surface area contributed by atoms with Crippen molar-refractivity contribution in [2.24, 2.45) is 5.41 Å². The summed E-state index contributed by atoms with van der Waals surface area (Å²) >= 11 is 0. The molecular weight excluding hydrogens is 236 g/mol. The Bertz CT molecular complexity index is 238. The Morgan fingerprint density at radius 1 is 1.41 bits per heavy atom. The Morgan fingerprint density at radius 2 is 2.06 bits per heavy atom. The normalized spacial score (nSPS) is 20.9. The lowest BCUT2D eigenvalue weighted by Crippen LogP contribution is -2.52. The van der Waals surface area contributed by atoms with E-state index >= 15 is 0 Å². The first-order valence-electron chi connectivity index (χ1n) is 6.40. The molecule has 17 heavy (non-hydrogen) atoms. The third-order valence-electron chi connectivity index (χ3n) is 3.14. The van der Waals surface area contributed by atoms with Crippen molar-refractivity contribution in [3.63, 3.8) is 0 Å². The maximum absolute atomic E-state index is 12.0. The molecule has 0 saturated carbocycles. The van der Waals surface area contributed by atoms with Crippen LogP contribution < -0.4 is 5.32 Å². The van der Waals surface area contributed by atoms with Crippen LogP contribution in [0.1, 0.15) is 47.0 Å². The van der Waals surface area contributed by atoms with Gasteiger partial charge < -0.3 is 10.2 Å². The predicted octanol–water partition coefficient (Wildman–Crippen LogP) is 2.44. The van der Waals surface area contributed by atoms with Gasteiger partial charge >= 0.3 is 0 Å². The van der Waals surface area contributed by atoms with Gasteiger partial charge in [0.05, 0.1) is 0 Å². The van der Waals surface area contributed by atoms with Gasteiger partial charge in [-0.2, -0.15) is 0 Å². The molecule has 0 aromatic rings. The lowest BCUT2D eigenvalue weighted by Gasteiger charge is -2.34. The second-order valence-corrected chi connectivity index (χ2v) is 6.05.